The van der Waals surface area contributed by atoms with Crippen LogP contribution in [0.3, 0.4) is 0 Å². The van der Waals surface area contributed by atoms with Crippen LogP contribution in [-0.4, -0.2) is 59.4 Å². The first-order valence-corrected chi connectivity index (χ1v) is 20.0. The third-order valence-electron chi connectivity index (χ3n) is 7.10. The van der Waals surface area contributed by atoms with Crippen LogP contribution < -0.4 is 0 Å². The molecule has 0 unspecified atom stereocenters. The number of ether oxygens (including phenoxy) is 2. The highest BCUT2D eigenvalue weighted by molar-refractivity contribution is 6.83. The second kappa shape index (κ2) is 15.2. The van der Waals surface area contributed by atoms with Gasteiger partial charge in [-0.05, 0) is 37.4 Å². The van der Waals surface area contributed by atoms with Crippen LogP contribution in [0.4, 0.5) is 0 Å². The van der Waals surface area contributed by atoms with E-state index in [0.717, 1.165) is 5.57 Å². The van der Waals surface area contributed by atoms with E-state index in [1.807, 2.05) is 26.8 Å². The van der Waals surface area contributed by atoms with Crippen LogP contribution in [0, 0.1) is 29.2 Å². The zero-order valence-corrected chi connectivity index (χ0v) is 28.4. The van der Waals surface area contributed by atoms with Crippen LogP contribution >= 0.6 is 0 Å². The lowest BCUT2D eigenvalue weighted by Crippen LogP contribution is -2.49. The highest BCUT2D eigenvalue weighted by Crippen LogP contribution is 2.40. The van der Waals surface area contributed by atoms with Gasteiger partial charge in [-0.2, -0.15) is 0 Å². The minimum Gasteiger partial charge on any atom is -0.466 e. The quantitative estimate of drug-likeness (QED) is 0.125. The third kappa shape index (κ3) is 13.4. The number of hydrogen-bond acceptors (Lipinski definition) is 6. The van der Waals surface area contributed by atoms with Gasteiger partial charge in [-0.25, -0.2) is 4.79 Å². The molecule has 218 valence electrons. The number of allylic oxidation sites excluding steroid dienone is 1. The van der Waals surface area contributed by atoms with E-state index >= 15 is 0 Å². The van der Waals surface area contributed by atoms with Crippen molar-refractivity contribution in [2.24, 2.45) is 17.8 Å². The van der Waals surface area contributed by atoms with Crippen LogP contribution in [-0.2, 0) is 23.5 Å². The monoisotopic (exact) mass is 566 g/mol. The first-order valence-electron chi connectivity index (χ1n) is 13.6. The minimum atomic E-state index is -2.17. The Morgan fingerprint density at radius 1 is 1.03 bits per heavy atom. The van der Waals surface area contributed by atoms with Gasteiger partial charge in [0.15, 0.2) is 8.32 Å². The van der Waals surface area contributed by atoms with E-state index in [1.54, 1.807) is 0 Å². The van der Waals surface area contributed by atoms with E-state index in [-0.39, 0.29) is 47.4 Å². The molecule has 8 heteroatoms. The lowest BCUT2D eigenvalue weighted by molar-refractivity contribution is -0.140. The molecule has 0 amide bonds. The minimum absolute atomic E-state index is 0.00168. The van der Waals surface area contributed by atoms with Crippen molar-refractivity contribution in [1.29, 1.82) is 0 Å². The summed E-state index contributed by atoms with van der Waals surface area (Å²) in [7, 11) is -2.44. The Hall–Kier alpha value is -1.67. The summed E-state index contributed by atoms with van der Waals surface area (Å²) in [5.74, 6) is 2.09. The van der Waals surface area contributed by atoms with Crippen molar-refractivity contribution in [3.8, 4) is 11.5 Å². The number of rotatable bonds is 12. The van der Waals surface area contributed by atoms with Gasteiger partial charge < -0.3 is 19.0 Å². The summed E-state index contributed by atoms with van der Waals surface area (Å²) in [5, 5.41) is 11.5. The summed E-state index contributed by atoms with van der Waals surface area (Å²) in [5.41, 5.74) is 4.95. The maximum Gasteiger partial charge on any atom is 0.330 e. The van der Waals surface area contributed by atoms with Crippen LogP contribution in [0.25, 0.3) is 0 Å². The summed E-state index contributed by atoms with van der Waals surface area (Å²) < 4.78 is 17.0. The number of carbonyl (C=O) groups is 2. The standard InChI is InChI=1S/C30H54O6Si2/c1-21(18-27(32)34-9)17-23(3)29(36-38(13,14)30(6,7)8)24(4)28(33)22(2)19-26(20-35-25(5)31)15-16-37(10,11)12/h18-19,22-24,28-29,33H,17,20H2,1-14H3/b21-18+,26-19-/t22-,23+,24-,28-,29-/m1/s1. The summed E-state index contributed by atoms with van der Waals surface area (Å²) in [6, 6.07) is 0. The summed E-state index contributed by atoms with van der Waals surface area (Å²) >= 11 is 0. The van der Waals surface area contributed by atoms with Crippen molar-refractivity contribution in [2.45, 2.75) is 112 Å². The van der Waals surface area contributed by atoms with E-state index in [4.69, 9.17) is 13.9 Å². The van der Waals surface area contributed by atoms with E-state index < -0.39 is 22.5 Å². The second-order valence-electron chi connectivity index (χ2n) is 13.2. The highest BCUT2D eigenvalue weighted by atomic mass is 28.4. The molecule has 0 aromatic carbocycles. The van der Waals surface area contributed by atoms with E-state index in [2.05, 4.69) is 71.9 Å². The van der Waals surface area contributed by atoms with Gasteiger partial charge in [0.2, 0.25) is 0 Å². The molecule has 0 heterocycles. The molecule has 0 saturated carbocycles. The molecule has 0 rings (SSSR count). The molecule has 1 N–H and O–H groups in total. The van der Waals surface area contributed by atoms with Crippen LogP contribution in [0.2, 0.25) is 37.8 Å². The van der Waals surface area contributed by atoms with Gasteiger partial charge in [0.05, 0.1) is 19.3 Å². The Kier molecular flexibility index (Phi) is 14.5. The zero-order chi connectivity index (χ0) is 30.1. The number of esters is 2. The molecule has 0 aromatic heterocycles. The number of hydrogen-bond donors (Lipinski definition) is 1. The average molecular weight is 567 g/mol. The van der Waals surface area contributed by atoms with Gasteiger partial charge in [0.25, 0.3) is 0 Å². The lowest BCUT2D eigenvalue weighted by atomic mass is 9.81. The summed E-state index contributed by atoms with van der Waals surface area (Å²) in [6.45, 7) is 27.0. The number of methoxy groups -OCH3 is 1. The first-order chi connectivity index (χ1) is 17.1. The highest BCUT2D eigenvalue weighted by Gasteiger charge is 2.43. The molecule has 0 bridgehead atoms. The van der Waals surface area contributed by atoms with Crippen LogP contribution in [0.1, 0.15) is 61.8 Å². The molecule has 0 aliphatic carbocycles. The van der Waals surface area contributed by atoms with Crippen molar-refractivity contribution in [2.75, 3.05) is 13.7 Å². The maximum absolute atomic E-state index is 11.8. The van der Waals surface area contributed by atoms with Gasteiger partial charge in [0, 0.05) is 30.4 Å². The van der Waals surface area contributed by atoms with E-state index in [9.17, 15) is 14.7 Å². The molecule has 0 fully saturated rings. The molecule has 0 aliphatic heterocycles. The van der Waals surface area contributed by atoms with Crippen molar-refractivity contribution in [3.05, 3.63) is 23.3 Å². The molecular weight excluding hydrogens is 512 g/mol. The third-order valence-corrected chi connectivity index (χ3v) is 12.4. The van der Waals surface area contributed by atoms with Gasteiger partial charge in [-0.3, -0.25) is 4.79 Å². The molecule has 6 nitrogen and oxygen atoms in total. The SMILES string of the molecule is COC(=O)/C=C(\C)C[C@H](C)[C@@H](O[Si](C)(C)C(C)(C)C)[C@H](C)[C@H](O)[C@H](C)/C=C(/C#C[Si](C)(C)C)COC(C)=O. The number of aliphatic hydroxyl groups excluding tert-OH is 1. The molecule has 0 radical (unpaired) electrons. The molecule has 0 saturated heterocycles. The Bertz CT molecular complexity index is 912. The van der Waals surface area contributed by atoms with Crippen molar-refractivity contribution in [1.82, 2.24) is 0 Å². The molecule has 0 spiro atoms. The Labute approximate surface area is 234 Å². The molecular formula is C30H54O6Si2. The zero-order valence-electron chi connectivity index (χ0n) is 26.4. The Morgan fingerprint density at radius 3 is 2.03 bits per heavy atom. The average Bonchev–Trinajstić information content (AvgIpc) is 2.76. The van der Waals surface area contributed by atoms with E-state index in [1.165, 1.54) is 20.1 Å². The smallest absolute Gasteiger partial charge is 0.330 e. The molecule has 0 aliphatic rings. The van der Waals surface area contributed by atoms with Gasteiger partial charge in [0.1, 0.15) is 14.7 Å². The predicted molar refractivity (Wildman–Crippen MR) is 162 cm³/mol. The maximum atomic E-state index is 11.8. The van der Waals surface area contributed by atoms with E-state index in [0.29, 0.717) is 12.0 Å². The normalized spacial score (nSPS) is 17.4. The first kappa shape index (κ1) is 36.3. The molecule has 5 atom stereocenters. The second-order valence-corrected chi connectivity index (χ2v) is 22.7. The topological polar surface area (TPSA) is 82.1 Å². The number of aliphatic hydroxyl groups is 1. The largest absolute Gasteiger partial charge is 0.466 e. The lowest BCUT2D eigenvalue weighted by Gasteiger charge is -2.44. The summed E-state index contributed by atoms with van der Waals surface area (Å²) in [4.78, 5) is 23.2. The Morgan fingerprint density at radius 2 is 1.58 bits per heavy atom. The fourth-order valence-corrected chi connectivity index (χ4v) is 5.88. The van der Waals surface area contributed by atoms with Gasteiger partial charge in [-0.15, -0.1) is 5.54 Å². The van der Waals surface area contributed by atoms with Gasteiger partial charge in [-0.1, -0.05) is 78.8 Å². The molecule has 38 heavy (non-hydrogen) atoms. The summed E-state index contributed by atoms with van der Waals surface area (Å²) in [6.07, 6.45) is 3.15. The molecule has 0 aromatic rings. The van der Waals surface area contributed by atoms with Gasteiger partial charge >= 0.3 is 11.9 Å². The number of carbonyl (C=O) groups excluding carboxylic acids is 2. The van der Waals surface area contributed by atoms with Crippen molar-refractivity contribution < 1.29 is 28.6 Å². The fourth-order valence-electron chi connectivity index (χ4n) is 3.86. The predicted octanol–water partition coefficient (Wildman–Crippen LogP) is 6.53. The van der Waals surface area contributed by atoms with Crippen molar-refractivity contribution in [3.63, 3.8) is 0 Å². The van der Waals surface area contributed by atoms with Crippen LogP contribution in [0.5, 0.6) is 0 Å². The van der Waals surface area contributed by atoms with Crippen LogP contribution in [0.15, 0.2) is 23.3 Å². The Balaban J connectivity index is 6.23. The van der Waals surface area contributed by atoms with Crippen molar-refractivity contribution >= 4 is 28.3 Å². The fraction of sp³-hybridized carbons (Fsp3) is 0.733.